The third kappa shape index (κ3) is 2.15. The first-order chi connectivity index (χ1) is 7.68. The molecule has 0 saturated heterocycles. The third-order valence-corrected chi connectivity index (χ3v) is 3.12. The van der Waals surface area contributed by atoms with Gasteiger partial charge >= 0.3 is 5.82 Å². The summed E-state index contributed by atoms with van der Waals surface area (Å²) in [6, 6.07) is 0. The Balaban J connectivity index is 2.02. The Labute approximate surface area is 93.8 Å². The Bertz CT molecular complexity index is 382. The third-order valence-electron chi connectivity index (χ3n) is 3.12. The zero-order chi connectivity index (χ0) is 11.5. The van der Waals surface area contributed by atoms with E-state index in [2.05, 4.69) is 10.3 Å². The van der Waals surface area contributed by atoms with Crippen LogP contribution >= 0.6 is 0 Å². The zero-order valence-electron chi connectivity index (χ0n) is 9.35. The Morgan fingerprint density at radius 2 is 2.31 bits per heavy atom. The molecule has 6 nitrogen and oxygen atoms in total. The predicted molar refractivity (Wildman–Crippen MR) is 60.3 cm³/mol. The molecule has 1 aromatic rings. The molecular weight excluding hydrogens is 208 g/mol. The summed E-state index contributed by atoms with van der Waals surface area (Å²) in [6.45, 7) is 0.806. The molecular formula is C10H16N4O2. The summed E-state index contributed by atoms with van der Waals surface area (Å²) >= 11 is 0. The first-order valence-electron chi connectivity index (χ1n) is 5.58. The van der Waals surface area contributed by atoms with E-state index < -0.39 is 4.92 Å². The van der Waals surface area contributed by atoms with Gasteiger partial charge in [-0.15, -0.1) is 0 Å². The van der Waals surface area contributed by atoms with Crippen LogP contribution in [0.15, 0.2) is 6.33 Å². The van der Waals surface area contributed by atoms with Gasteiger partial charge in [0, 0.05) is 13.6 Å². The van der Waals surface area contributed by atoms with Crippen LogP contribution in [-0.4, -0.2) is 21.0 Å². The van der Waals surface area contributed by atoms with Crippen LogP contribution < -0.4 is 5.32 Å². The van der Waals surface area contributed by atoms with Crippen molar-refractivity contribution in [1.82, 2.24) is 9.55 Å². The molecule has 0 radical (unpaired) electrons. The molecule has 1 saturated carbocycles. The van der Waals surface area contributed by atoms with E-state index in [0.29, 0.717) is 11.7 Å². The van der Waals surface area contributed by atoms with Crippen LogP contribution in [0, 0.1) is 16.0 Å². The molecule has 1 aliphatic carbocycles. The molecule has 1 N–H and O–H groups in total. The number of nitrogens with one attached hydrogen (secondary N) is 1. The number of aryl methyl sites for hydroxylation is 1. The number of hydrogen-bond acceptors (Lipinski definition) is 4. The van der Waals surface area contributed by atoms with Crippen LogP contribution in [-0.2, 0) is 7.05 Å². The summed E-state index contributed by atoms with van der Waals surface area (Å²) in [5.41, 5.74) is 0. The van der Waals surface area contributed by atoms with E-state index in [1.165, 1.54) is 32.0 Å². The number of aromatic nitrogens is 2. The Kier molecular flexibility index (Phi) is 3.07. The highest BCUT2D eigenvalue weighted by molar-refractivity contribution is 5.51. The lowest BCUT2D eigenvalue weighted by Crippen LogP contribution is -2.13. The highest BCUT2D eigenvalue weighted by Crippen LogP contribution is 2.27. The quantitative estimate of drug-likeness (QED) is 0.626. The van der Waals surface area contributed by atoms with Gasteiger partial charge in [0.25, 0.3) is 0 Å². The van der Waals surface area contributed by atoms with Gasteiger partial charge in [-0.1, -0.05) is 12.8 Å². The average Bonchev–Trinajstić information content (AvgIpc) is 2.84. The molecule has 1 fully saturated rings. The number of nitro groups is 1. The van der Waals surface area contributed by atoms with Gasteiger partial charge in [-0.2, -0.15) is 0 Å². The molecule has 1 heterocycles. The lowest BCUT2D eigenvalue weighted by atomic mass is 10.1. The number of rotatable bonds is 4. The highest BCUT2D eigenvalue weighted by atomic mass is 16.6. The maximum absolute atomic E-state index is 10.7. The minimum Gasteiger partial charge on any atom is -0.364 e. The van der Waals surface area contributed by atoms with E-state index >= 15 is 0 Å². The molecule has 0 aromatic carbocycles. The van der Waals surface area contributed by atoms with Gasteiger partial charge in [-0.3, -0.25) is 4.57 Å². The second-order valence-corrected chi connectivity index (χ2v) is 4.32. The van der Waals surface area contributed by atoms with Gasteiger partial charge in [0.2, 0.25) is 12.1 Å². The Morgan fingerprint density at radius 3 is 2.94 bits per heavy atom. The maximum atomic E-state index is 10.7. The van der Waals surface area contributed by atoms with Crippen molar-refractivity contribution in [3.8, 4) is 0 Å². The lowest BCUT2D eigenvalue weighted by Gasteiger charge is -2.11. The van der Waals surface area contributed by atoms with Crippen LogP contribution in [0.4, 0.5) is 11.6 Å². The molecule has 2 rings (SSSR count). The largest absolute Gasteiger partial charge is 0.406 e. The number of imidazole rings is 1. The van der Waals surface area contributed by atoms with Crippen molar-refractivity contribution in [2.24, 2.45) is 13.0 Å². The Morgan fingerprint density at radius 1 is 1.62 bits per heavy atom. The van der Waals surface area contributed by atoms with Crippen molar-refractivity contribution in [2.75, 3.05) is 11.9 Å². The fourth-order valence-electron chi connectivity index (χ4n) is 2.21. The molecule has 1 aliphatic rings. The summed E-state index contributed by atoms with van der Waals surface area (Å²) in [7, 11) is 1.76. The van der Waals surface area contributed by atoms with E-state index in [0.717, 1.165) is 6.54 Å². The first-order valence-corrected chi connectivity index (χ1v) is 5.58. The van der Waals surface area contributed by atoms with Crippen molar-refractivity contribution in [2.45, 2.75) is 25.7 Å². The van der Waals surface area contributed by atoms with Crippen LogP contribution in [0.2, 0.25) is 0 Å². The van der Waals surface area contributed by atoms with Crippen molar-refractivity contribution < 1.29 is 4.92 Å². The molecule has 0 spiro atoms. The molecule has 0 bridgehead atoms. The van der Waals surface area contributed by atoms with Gasteiger partial charge in [0.05, 0.1) is 0 Å². The summed E-state index contributed by atoms with van der Waals surface area (Å²) < 4.78 is 1.66. The fraction of sp³-hybridized carbons (Fsp3) is 0.700. The second kappa shape index (κ2) is 4.51. The number of anilines is 1. The number of hydrogen-bond donors (Lipinski definition) is 1. The average molecular weight is 224 g/mol. The van der Waals surface area contributed by atoms with E-state index in [9.17, 15) is 10.1 Å². The first kappa shape index (κ1) is 10.9. The molecule has 0 aliphatic heterocycles. The highest BCUT2D eigenvalue weighted by Gasteiger charge is 2.21. The molecule has 6 heteroatoms. The summed E-state index contributed by atoms with van der Waals surface area (Å²) in [5.74, 6) is 1.08. The topological polar surface area (TPSA) is 73.0 Å². The Hall–Kier alpha value is -1.59. The van der Waals surface area contributed by atoms with Gasteiger partial charge < -0.3 is 15.4 Å². The molecule has 16 heavy (non-hydrogen) atoms. The van der Waals surface area contributed by atoms with E-state index in [4.69, 9.17) is 0 Å². The number of nitrogens with zero attached hydrogens (tertiary/aromatic N) is 3. The van der Waals surface area contributed by atoms with E-state index in [-0.39, 0.29) is 5.82 Å². The summed E-state index contributed by atoms with van der Waals surface area (Å²) in [6.07, 6.45) is 6.46. The SMILES string of the molecule is Cn1cnc([N+](=O)[O-])c1NCC1CCCC1. The van der Waals surface area contributed by atoms with E-state index in [1.807, 2.05) is 0 Å². The van der Waals surface area contributed by atoms with Gasteiger partial charge in [0.15, 0.2) is 0 Å². The molecule has 88 valence electrons. The second-order valence-electron chi connectivity index (χ2n) is 4.32. The van der Waals surface area contributed by atoms with Crippen molar-refractivity contribution in [3.63, 3.8) is 0 Å². The normalized spacial score (nSPS) is 16.6. The minimum atomic E-state index is -0.447. The van der Waals surface area contributed by atoms with Crippen LogP contribution in [0.5, 0.6) is 0 Å². The molecule has 0 unspecified atom stereocenters. The summed E-state index contributed by atoms with van der Waals surface area (Å²) in [5, 5.41) is 13.9. The van der Waals surface area contributed by atoms with Crippen molar-refractivity contribution >= 4 is 11.6 Å². The maximum Gasteiger partial charge on any atom is 0.406 e. The van der Waals surface area contributed by atoms with E-state index in [1.54, 1.807) is 11.6 Å². The van der Waals surface area contributed by atoms with Gasteiger partial charge in [0.1, 0.15) is 0 Å². The van der Waals surface area contributed by atoms with Gasteiger partial charge in [-0.25, -0.2) is 0 Å². The van der Waals surface area contributed by atoms with Crippen LogP contribution in [0.25, 0.3) is 0 Å². The van der Waals surface area contributed by atoms with Crippen LogP contribution in [0.3, 0.4) is 0 Å². The summed E-state index contributed by atoms with van der Waals surface area (Å²) in [4.78, 5) is 14.0. The molecule has 1 aromatic heterocycles. The molecule has 0 amide bonds. The van der Waals surface area contributed by atoms with Crippen LogP contribution in [0.1, 0.15) is 25.7 Å². The predicted octanol–water partition coefficient (Wildman–Crippen LogP) is 1.93. The monoisotopic (exact) mass is 224 g/mol. The molecule has 0 atom stereocenters. The zero-order valence-corrected chi connectivity index (χ0v) is 9.35. The minimum absolute atomic E-state index is 0.0829. The van der Waals surface area contributed by atoms with Gasteiger partial charge in [-0.05, 0) is 28.7 Å². The lowest BCUT2D eigenvalue weighted by molar-refractivity contribution is -0.388. The fourth-order valence-corrected chi connectivity index (χ4v) is 2.21. The smallest absolute Gasteiger partial charge is 0.364 e. The van der Waals surface area contributed by atoms with Crippen molar-refractivity contribution in [1.29, 1.82) is 0 Å². The van der Waals surface area contributed by atoms with Crippen molar-refractivity contribution in [3.05, 3.63) is 16.4 Å². The standard InChI is InChI=1S/C10H16N4O2/c1-13-7-12-10(14(15)16)9(13)11-6-8-4-2-3-5-8/h7-8,11H,2-6H2,1H3.